The number of hydrogen-bond donors (Lipinski definition) is 1. The number of carbonyl (C=O) groups is 2. The van der Waals surface area contributed by atoms with Crippen LogP contribution in [0.3, 0.4) is 0 Å². The number of amides is 1. The molecular formula is C20H21NO4. The van der Waals surface area contributed by atoms with Crippen molar-refractivity contribution in [3.05, 3.63) is 65.1 Å². The summed E-state index contributed by atoms with van der Waals surface area (Å²) in [6.07, 6.45) is 1.18. The van der Waals surface area contributed by atoms with Gasteiger partial charge in [-0.05, 0) is 32.4 Å². The molecule has 1 atom stereocenters. The van der Waals surface area contributed by atoms with Gasteiger partial charge in [0.05, 0.1) is 23.9 Å². The number of furan rings is 1. The Labute approximate surface area is 146 Å². The maximum absolute atomic E-state index is 13.0. The molecule has 1 aliphatic rings. The molecule has 0 aliphatic carbocycles. The van der Waals surface area contributed by atoms with Crippen LogP contribution < -0.4 is 4.90 Å². The lowest BCUT2D eigenvalue weighted by Crippen LogP contribution is -2.42. The van der Waals surface area contributed by atoms with Gasteiger partial charge in [0.1, 0.15) is 5.76 Å². The Morgan fingerprint density at radius 3 is 2.60 bits per heavy atom. The first kappa shape index (κ1) is 17.2. The molecule has 1 aliphatic heterocycles. The number of hydrogen-bond acceptors (Lipinski definition) is 4. The molecule has 1 N–H and O–H groups in total. The molecule has 0 unspecified atom stereocenters. The molecule has 0 spiro atoms. The predicted molar refractivity (Wildman–Crippen MR) is 94.6 cm³/mol. The summed E-state index contributed by atoms with van der Waals surface area (Å²) in [5.41, 5.74) is 1.11. The van der Waals surface area contributed by atoms with Crippen molar-refractivity contribution in [1.82, 2.24) is 0 Å². The van der Waals surface area contributed by atoms with Crippen LogP contribution in [0.4, 0.5) is 5.69 Å². The summed E-state index contributed by atoms with van der Waals surface area (Å²) in [6, 6.07) is 7.01. The van der Waals surface area contributed by atoms with Gasteiger partial charge < -0.3 is 14.4 Å². The van der Waals surface area contributed by atoms with E-state index in [1.165, 1.54) is 11.2 Å². The number of aryl methyl sites for hydroxylation is 2. The summed E-state index contributed by atoms with van der Waals surface area (Å²) in [5.74, 6) is -0.320. The summed E-state index contributed by atoms with van der Waals surface area (Å²) in [5, 5.41) is 11.2. The van der Waals surface area contributed by atoms with E-state index in [4.69, 9.17) is 4.42 Å². The second-order valence-electron chi connectivity index (χ2n) is 6.68. The van der Waals surface area contributed by atoms with Gasteiger partial charge in [-0.15, -0.1) is 0 Å². The van der Waals surface area contributed by atoms with Crippen molar-refractivity contribution >= 4 is 17.4 Å². The summed E-state index contributed by atoms with van der Waals surface area (Å²) in [7, 11) is 0. The van der Waals surface area contributed by atoms with Crippen LogP contribution in [0, 0.1) is 13.8 Å². The van der Waals surface area contributed by atoms with E-state index in [1.54, 1.807) is 38.1 Å². The van der Waals surface area contributed by atoms with E-state index in [1.807, 2.05) is 6.92 Å². The highest BCUT2D eigenvalue weighted by Crippen LogP contribution is 2.43. The third-order valence-electron chi connectivity index (χ3n) is 4.52. The van der Waals surface area contributed by atoms with Crippen molar-refractivity contribution in [1.29, 1.82) is 0 Å². The molecule has 130 valence electrons. The Kier molecular flexibility index (Phi) is 4.13. The number of nitrogens with zero attached hydrogens (tertiary/aromatic N) is 1. The Hall–Kier alpha value is -2.66. The molecule has 0 bridgehead atoms. The number of para-hydroxylation sites is 1. The van der Waals surface area contributed by atoms with Gasteiger partial charge >= 0.3 is 0 Å². The van der Waals surface area contributed by atoms with E-state index in [0.717, 1.165) is 5.57 Å². The number of aliphatic hydroxyl groups is 1. The van der Waals surface area contributed by atoms with Crippen LogP contribution in [-0.2, 0) is 10.4 Å². The van der Waals surface area contributed by atoms with Crippen molar-refractivity contribution < 1.29 is 19.1 Å². The second-order valence-corrected chi connectivity index (χ2v) is 6.68. The SMILES string of the molecule is C=C(C)CN1C(=O)[C@@](O)(CC(=O)c2c(C)coc2C)c2ccccc21. The lowest BCUT2D eigenvalue weighted by molar-refractivity contribution is -0.135. The van der Waals surface area contributed by atoms with Crippen LogP contribution in [-0.4, -0.2) is 23.3 Å². The molecule has 1 amide bonds. The third-order valence-corrected chi connectivity index (χ3v) is 4.52. The Bertz CT molecular complexity index is 860. The zero-order valence-electron chi connectivity index (χ0n) is 14.6. The standard InChI is InChI=1S/C20H21NO4/c1-12(2)10-21-16-8-6-5-7-15(16)20(24,19(21)23)9-17(22)18-13(3)11-25-14(18)4/h5-8,11,24H,1,9-10H2,2-4H3/t20-/m1/s1. The summed E-state index contributed by atoms with van der Waals surface area (Å²) in [4.78, 5) is 27.2. The number of Topliss-reactive ketones (excluding diaryl/α,β-unsaturated/α-hetero) is 1. The van der Waals surface area contributed by atoms with Crippen molar-refractivity contribution in [3.63, 3.8) is 0 Å². The fourth-order valence-electron chi connectivity index (χ4n) is 3.41. The minimum atomic E-state index is -1.88. The highest BCUT2D eigenvalue weighted by atomic mass is 16.3. The molecular weight excluding hydrogens is 318 g/mol. The minimum absolute atomic E-state index is 0.302. The quantitative estimate of drug-likeness (QED) is 0.670. The van der Waals surface area contributed by atoms with E-state index in [0.29, 0.717) is 34.7 Å². The smallest absolute Gasteiger partial charge is 0.264 e. The molecule has 2 aromatic rings. The number of carbonyl (C=O) groups excluding carboxylic acids is 2. The predicted octanol–water partition coefficient (Wildman–Crippen LogP) is 3.28. The average molecular weight is 339 g/mol. The largest absolute Gasteiger partial charge is 0.469 e. The Morgan fingerprint density at radius 1 is 1.32 bits per heavy atom. The average Bonchev–Trinajstić information content (AvgIpc) is 2.98. The highest BCUT2D eigenvalue weighted by molar-refractivity contribution is 6.11. The molecule has 5 heteroatoms. The molecule has 0 radical (unpaired) electrons. The first-order valence-electron chi connectivity index (χ1n) is 8.12. The molecule has 1 aromatic carbocycles. The van der Waals surface area contributed by atoms with E-state index in [-0.39, 0.29) is 12.2 Å². The lowest BCUT2D eigenvalue weighted by atomic mass is 9.87. The van der Waals surface area contributed by atoms with Crippen molar-refractivity contribution in [3.8, 4) is 0 Å². The Morgan fingerprint density at radius 2 is 2.00 bits per heavy atom. The second kappa shape index (κ2) is 6.01. The first-order valence-corrected chi connectivity index (χ1v) is 8.12. The van der Waals surface area contributed by atoms with Crippen LogP contribution in [0.15, 0.2) is 47.1 Å². The molecule has 1 aromatic heterocycles. The number of rotatable bonds is 5. The van der Waals surface area contributed by atoms with E-state index in [2.05, 4.69) is 6.58 Å². The van der Waals surface area contributed by atoms with Crippen LogP contribution >= 0.6 is 0 Å². The number of anilines is 1. The molecule has 0 saturated heterocycles. The molecule has 2 heterocycles. The minimum Gasteiger partial charge on any atom is -0.469 e. The molecule has 3 rings (SSSR count). The van der Waals surface area contributed by atoms with Crippen LogP contribution in [0.1, 0.15) is 40.6 Å². The monoisotopic (exact) mass is 339 g/mol. The first-order chi connectivity index (χ1) is 11.8. The van der Waals surface area contributed by atoms with Gasteiger partial charge in [-0.1, -0.05) is 30.4 Å². The molecule has 0 saturated carbocycles. The van der Waals surface area contributed by atoms with Crippen molar-refractivity contribution in [2.75, 3.05) is 11.4 Å². The van der Waals surface area contributed by atoms with E-state index in [9.17, 15) is 14.7 Å². The number of benzene rings is 1. The van der Waals surface area contributed by atoms with Crippen molar-refractivity contribution in [2.24, 2.45) is 0 Å². The summed E-state index contributed by atoms with van der Waals surface area (Å²) in [6.45, 7) is 9.43. The topological polar surface area (TPSA) is 70.8 Å². The van der Waals surface area contributed by atoms with Crippen molar-refractivity contribution in [2.45, 2.75) is 32.8 Å². The fourth-order valence-corrected chi connectivity index (χ4v) is 3.41. The molecule has 0 fully saturated rings. The van der Waals surface area contributed by atoms with Gasteiger partial charge in [0.25, 0.3) is 5.91 Å². The maximum atomic E-state index is 13.0. The third kappa shape index (κ3) is 2.70. The molecule has 25 heavy (non-hydrogen) atoms. The fraction of sp³-hybridized carbons (Fsp3) is 0.300. The van der Waals surface area contributed by atoms with Gasteiger partial charge in [0.2, 0.25) is 0 Å². The summed E-state index contributed by atoms with van der Waals surface area (Å²) >= 11 is 0. The van der Waals surface area contributed by atoms with Gasteiger partial charge in [0.15, 0.2) is 11.4 Å². The van der Waals surface area contributed by atoms with Gasteiger partial charge in [-0.3, -0.25) is 9.59 Å². The highest BCUT2D eigenvalue weighted by Gasteiger charge is 2.51. The van der Waals surface area contributed by atoms with Crippen LogP contribution in [0.5, 0.6) is 0 Å². The zero-order chi connectivity index (χ0) is 18.4. The van der Waals surface area contributed by atoms with Crippen LogP contribution in [0.2, 0.25) is 0 Å². The molecule has 5 nitrogen and oxygen atoms in total. The van der Waals surface area contributed by atoms with E-state index >= 15 is 0 Å². The Balaban J connectivity index is 2.01. The summed E-state index contributed by atoms with van der Waals surface area (Å²) < 4.78 is 5.27. The van der Waals surface area contributed by atoms with Crippen LogP contribution in [0.25, 0.3) is 0 Å². The van der Waals surface area contributed by atoms with Gasteiger partial charge in [0, 0.05) is 12.1 Å². The lowest BCUT2D eigenvalue weighted by Gasteiger charge is -2.23. The van der Waals surface area contributed by atoms with E-state index < -0.39 is 11.5 Å². The van der Waals surface area contributed by atoms with Gasteiger partial charge in [-0.25, -0.2) is 0 Å². The van der Waals surface area contributed by atoms with Gasteiger partial charge in [-0.2, -0.15) is 0 Å². The maximum Gasteiger partial charge on any atom is 0.264 e. The number of ketones is 1. The normalized spacial score (nSPS) is 19.2. The zero-order valence-corrected chi connectivity index (χ0v) is 14.6. The number of fused-ring (bicyclic) bond motifs is 1.